The third-order valence-electron chi connectivity index (χ3n) is 7.77. The highest BCUT2D eigenvalue weighted by Gasteiger charge is 2.69. The summed E-state index contributed by atoms with van der Waals surface area (Å²) < 4.78 is 16.7. The van der Waals surface area contributed by atoms with Gasteiger partial charge in [0.15, 0.2) is 6.10 Å². The molecule has 0 unspecified atom stereocenters. The van der Waals surface area contributed by atoms with Crippen molar-refractivity contribution in [3.05, 3.63) is 40.7 Å². The SMILES string of the molecule is CC(=O)O[C@@H](CC(=O)OC1=CC[C@@]2(O)[C@@H](C)N(C)CC[C@@]23c2c(C)ccc(CO)c2O[C@@H]13)C(=O)O. The zero-order chi connectivity index (χ0) is 25.7. The van der Waals surface area contributed by atoms with E-state index in [1.807, 2.05) is 27.0 Å². The Balaban J connectivity index is 1.75. The highest BCUT2D eigenvalue weighted by molar-refractivity contribution is 5.83. The Morgan fingerprint density at radius 3 is 2.66 bits per heavy atom. The van der Waals surface area contributed by atoms with Crippen LogP contribution < -0.4 is 4.74 Å². The van der Waals surface area contributed by atoms with Gasteiger partial charge in [-0.05, 0) is 45.5 Å². The predicted octanol–water partition coefficient (Wildman–Crippen LogP) is 1.18. The molecule has 5 atom stereocenters. The van der Waals surface area contributed by atoms with Gasteiger partial charge in [-0.3, -0.25) is 9.59 Å². The molecule has 35 heavy (non-hydrogen) atoms. The van der Waals surface area contributed by atoms with Crippen LogP contribution in [0.3, 0.4) is 0 Å². The fourth-order valence-corrected chi connectivity index (χ4v) is 5.90. The van der Waals surface area contributed by atoms with Gasteiger partial charge in [0.2, 0.25) is 6.10 Å². The molecule has 1 saturated heterocycles. The molecule has 0 bridgehead atoms. The van der Waals surface area contributed by atoms with Crippen molar-refractivity contribution < 1.29 is 43.9 Å². The van der Waals surface area contributed by atoms with Gasteiger partial charge in [-0.15, -0.1) is 0 Å². The van der Waals surface area contributed by atoms with E-state index in [9.17, 15) is 29.7 Å². The number of carboxylic acid groups (broad SMARTS) is 1. The minimum absolute atomic E-state index is 0.169. The number of carboxylic acids is 1. The van der Waals surface area contributed by atoms with E-state index in [-0.39, 0.29) is 24.8 Å². The fourth-order valence-electron chi connectivity index (χ4n) is 5.90. The Labute approximate surface area is 203 Å². The van der Waals surface area contributed by atoms with Crippen molar-refractivity contribution in [2.45, 2.75) is 75.9 Å². The van der Waals surface area contributed by atoms with Crippen molar-refractivity contribution in [2.75, 3.05) is 13.6 Å². The summed E-state index contributed by atoms with van der Waals surface area (Å²) in [6, 6.07) is 3.40. The molecule has 3 aliphatic rings. The van der Waals surface area contributed by atoms with E-state index in [1.165, 1.54) is 0 Å². The van der Waals surface area contributed by atoms with Crippen LogP contribution in [-0.4, -0.2) is 75.6 Å². The number of hydrogen-bond acceptors (Lipinski definition) is 9. The average molecular weight is 490 g/mol. The number of carbonyl (C=O) groups is 3. The second kappa shape index (κ2) is 8.92. The first-order valence-corrected chi connectivity index (χ1v) is 11.6. The number of hydrogen-bond donors (Lipinski definition) is 3. The number of aliphatic hydroxyl groups excluding tert-OH is 1. The highest BCUT2D eigenvalue weighted by atomic mass is 16.6. The molecule has 1 fully saturated rings. The fraction of sp³-hybridized carbons (Fsp3) is 0.560. The highest BCUT2D eigenvalue weighted by Crippen LogP contribution is 2.61. The Morgan fingerprint density at radius 1 is 1.31 bits per heavy atom. The lowest BCUT2D eigenvalue weighted by Crippen LogP contribution is -2.71. The molecule has 1 aromatic carbocycles. The Hall–Kier alpha value is -2.95. The van der Waals surface area contributed by atoms with Gasteiger partial charge in [-0.2, -0.15) is 0 Å². The first kappa shape index (κ1) is 25.2. The lowest BCUT2D eigenvalue weighted by molar-refractivity contribution is -0.169. The van der Waals surface area contributed by atoms with E-state index in [2.05, 4.69) is 4.90 Å². The van der Waals surface area contributed by atoms with Crippen LogP contribution in [0.2, 0.25) is 0 Å². The van der Waals surface area contributed by atoms with Crippen LogP contribution in [0.25, 0.3) is 0 Å². The molecule has 0 radical (unpaired) electrons. The number of esters is 2. The molecule has 190 valence electrons. The molecular weight excluding hydrogens is 458 g/mol. The average Bonchev–Trinajstić information content (AvgIpc) is 3.15. The number of benzene rings is 1. The molecule has 2 aliphatic heterocycles. The zero-order valence-electron chi connectivity index (χ0n) is 20.2. The summed E-state index contributed by atoms with van der Waals surface area (Å²) in [5.74, 6) is -2.54. The number of aliphatic carboxylic acids is 1. The van der Waals surface area contributed by atoms with Gasteiger partial charge in [0.1, 0.15) is 11.5 Å². The summed E-state index contributed by atoms with van der Waals surface area (Å²) in [5.41, 5.74) is 0.0432. The van der Waals surface area contributed by atoms with Crippen molar-refractivity contribution in [3.8, 4) is 5.75 Å². The zero-order valence-corrected chi connectivity index (χ0v) is 20.2. The van der Waals surface area contributed by atoms with Gasteiger partial charge in [0, 0.05) is 30.5 Å². The number of piperidine rings is 1. The molecule has 10 heteroatoms. The molecule has 3 N–H and O–H groups in total. The number of fused-ring (bicyclic) bond motifs is 1. The largest absolute Gasteiger partial charge is 0.481 e. The second-order valence-electron chi connectivity index (χ2n) is 9.63. The van der Waals surface area contributed by atoms with E-state index < -0.39 is 47.6 Å². The maximum atomic E-state index is 12.7. The minimum Gasteiger partial charge on any atom is -0.481 e. The van der Waals surface area contributed by atoms with Gasteiger partial charge in [-0.25, -0.2) is 4.79 Å². The van der Waals surface area contributed by atoms with E-state index >= 15 is 0 Å². The Morgan fingerprint density at radius 2 is 2.03 bits per heavy atom. The standard InChI is InChI=1S/C25H31NO9/c1-13-5-6-16(12-27)21-20(13)24-9-10-26(4)14(2)25(24,32)8-7-17(22(24)35-21)34-19(29)11-18(23(30)31)33-15(3)28/h5-7,14,18,22,27,32H,8-12H2,1-4H3,(H,30,31)/t14-,18+,22+,24+,25-/m1/s1. The van der Waals surface area contributed by atoms with Crippen LogP contribution >= 0.6 is 0 Å². The van der Waals surface area contributed by atoms with Crippen LogP contribution in [0.4, 0.5) is 0 Å². The van der Waals surface area contributed by atoms with Crippen LogP contribution in [-0.2, 0) is 35.9 Å². The summed E-state index contributed by atoms with van der Waals surface area (Å²) in [6.45, 7) is 5.32. The summed E-state index contributed by atoms with van der Waals surface area (Å²) in [7, 11) is 1.94. The topological polar surface area (TPSA) is 143 Å². The number of ether oxygens (including phenoxy) is 3. The van der Waals surface area contributed by atoms with E-state index in [1.54, 1.807) is 12.1 Å². The second-order valence-corrected chi connectivity index (χ2v) is 9.63. The van der Waals surface area contributed by atoms with Crippen molar-refractivity contribution in [2.24, 2.45) is 0 Å². The third kappa shape index (κ3) is 3.80. The number of rotatable bonds is 6. The molecule has 1 spiro atoms. The van der Waals surface area contributed by atoms with Crippen LogP contribution in [0, 0.1) is 6.92 Å². The first-order valence-electron chi connectivity index (χ1n) is 11.6. The number of likely N-dealkylation sites (tertiary alicyclic amines) is 1. The molecule has 0 aromatic heterocycles. The number of likely N-dealkylation sites (N-methyl/N-ethyl adjacent to an activating group) is 1. The van der Waals surface area contributed by atoms with Crippen LogP contribution in [0.5, 0.6) is 5.75 Å². The molecule has 10 nitrogen and oxygen atoms in total. The smallest absolute Gasteiger partial charge is 0.345 e. The van der Waals surface area contributed by atoms with Gasteiger partial charge in [0.05, 0.1) is 24.0 Å². The van der Waals surface area contributed by atoms with Gasteiger partial charge < -0.3 is 34.4 Å². The summed E-state index contributed by atoms with van der Waals surface area (Å²) in [4.78, 5) is 37.4. The molecule has 0 amide bonds. The summed E-state index contributed by atoms with van der Waals surface area (Å²) >= 11 is 0. The number of aryl methyl sites for hydroxylation is 1. The minimum atomic E-state index is -1.68. The molecular formula is C25H31NO9. The number of aliphatic hydroxyl groups is 2. The predicted molar refractivity (Wildman–Crippen MR) is 121 cm³/mol. The normalized spacial score (nSPS) is 30.2. The van der Waals surface area contributed by atoms with Gasteiger partial charge in [-0.1, -0.05) is 12.1 Å². The van der Waals surface area contributed by atoms with Gasteiger partial charge >= 0.3 is 17.9 Å². The maximum Gasteiger partial charge on any atom is 0.345 e. The Bertz CT molecular complexity index is 1100. The molecule has 1 aromatic rings. The summed E-state index contributed by atoms with van der Waals surface area (Å²) in [6.07, 6.45) is -0.919. The lowest BCUT2D eigenvalue weighted by atomic mass is 9.54. The van der Waals surface area contributed by atoms with Crippen LogP contribution in [0.15, 0.2) is 24.0 Å². The van der Waals surface area contributed by atoms with E-state index in [0.29, 0.717) is 24.3 Å². The van der Waals surface area contributed by atoms with E-state index in [4.69, 9.17) is 14.2 Å². The first-order chi connectivity index (χ1) is 16.5. The van der Waals surface area contributed by atoms with E-state index in [0.717, 1.165) is 18.1 Å². The lowest BCUT2D eigenvalue weighted by Gasteiger charge is -2.58. The van der Waals surface area contributed by atoms with Crippen molar-refractivity contribution in [1.29, 1.82) is 0 Å². The summed E-state index contributed by atoms with van der Waals surface area (Å²) in [5, 5.41) is 31.4. The maximum absolute atomic E-state index is 12.7. The molecule has 0 saturated carbocycles. The number of nitrogens with zero attached hydrogens (tertiary/aromatic N) is 1. The third-order valence-corrected chi connectivity index (χ3v) is 7.77. The van der Waals surface area contributed by atoms with Crippen molar-refractivity contribution in [1.82, 2.24) is 4.90 Å². The van der Waals surface area contributed by atoms with Crippen molar-refractivity contribution >= 4 is 17.9 Å². The van der Waals surface area contributed by atoms with Crippen molar-refractivity contribution in [3.63, 3.8) is 0 Å². The van der Waals surface area contributed by atoms with Gasteiger partial charge in [0.25, 0.3) is 0 Å². The number of carbonyl (C=O) groups excluding carboxylic acids is 2. The quantitative estimate of drug-likeness (QED) is 0.499. The molecule has 2 heterocycles. The molecule has 4 rings (SSSR count). The van der Waals surface area contributed by atoms with Crippen LogP contribution in [0.1, 0.15) is 49.8 Å². The molecule has 1 aliphatic carbocycles. The monoisotopic (exact) mass is 489 g/mol. The Kier molecular flexibility index (Phi) is 6.41.